The highest BCUT2D eigenvalue weighted by Gasteiger charge is 2.30. The minimum absolute atomic E-state index is 0.0846. The van der Waals surface area contributed by atoms with Gasteiger partial charge in [-0.2, -0.15) is 0 Å². The third-order valence-electron chi connectivity index (χ3n) is 4.48. The van der Waals surface area contributed by atoms with Crippen LogP contribution < -0.4 is 5.32 Å². The van der Waals surface area contributed by atoms with Crippen molar-refractivity contribution in [3.05, 3.63) is 66.0 Å². The molecular formula is C24H31FN2O2S. The second kappa shape index (κ2) is 11.2. The molecule has 1 atom stereocenters. The highest BCUT2D eigenvalue weighted by atomic mass is 32.2. The van der Waals surface area contributed by atoms with E-state index in [1.54, 1.807) is 28.8 Å². The molecule has 2 amide bonds. The van der Waals surface area contributed by atoms with E-state index in [1.165, 1.54) is 12.1 Å². The summed E-state index contributed by atoms with van der Waals surface area (Å²) < 4.78 is 13.3. The summed E-state index contributed by atoms with van der Waals surface area (Å²) in [5, 5.41) is 2.98. The summed E-state index contributed by atoms with van der Waals surface area (Å²) >= 11 is 1.61. The fraction of sp³-hybridized carbons (Fsp3) is 0.417. The van der Waals surface area contributed by atoms with E-state index >= 15 is 0 Å². The van der Waals surface area contributed by atoms with E-state index in [9.17, 15) is 14.0 Å². The fourth-order valence-electron chi connectivity index (χ4n) is 3.08. The number of carbonyl (C=O) groups excluding carboxylic acids is 2. The number of rotatable bonds is 9. The molecule has 0 heterocycles. The Morgan fingerprint density at radius 1 is 1.07 bits per heavy atom. The molecule has 6 heteroatoms. The van der Waals surface area contributed by atoms with Gasteiger partial charge in [0.15, 0.2) is 0 Å². The number of hydrogen-bond donors (Lipinski definition) is 1. The molecule has 0 radical (unpaired) electrons. The van der Waals surface area contributed by atoms with Crippen LogP contribution in [-0.4, -0.2) is 34.0 Å². The third kappa shape index (κ3) is 7.82. The Balaban J connectivity index is 2.14. The standard InChI is InChI=1S/C24H31FN2O2S/c1-5-21(23(29)26-24(2,3)4)27(17-18-11-13-19(25)14-12-18)22(28)15-16-30-20-9-7-6-8-10-20/h6-14,21H,5,15-17H2,1-4H3,(H,26,29). The van der Waals surface area contributed by atoms with Crippen LogP contribution in [0.1, 0.15) is 46.1 Å². The van der Waals surface area contributed by atoms with E-state index in [0.717, 1.165) is 10.5 Å². The second-order valence-electron chi connectivity index (χ2n) is 8.22. The van der Waals surface area contributed by atoms with Crippen molar-refractivity contribution in [1.82, 2.24) is 10.2 Å². The molecular weight excluding hydrogens is 399 g/mol. The van der Waals surface area contributed by atoms with Crippen LogP contribution >= 0.6 is 11.8 Å². The monoisotopic (exact) mass is 430 g/mol. The Labute approximate surface area is 183 Å². The molecule has 2 aromatic carbocycles. The third-order valence-corrected chi connectivity index (χ3v) is 5.49. The molecule has 162 valence electrons. The van der Waals surface area contributed by atoms with Crippen LogP contribution in [0.4, 0.5) is 4.39 Å². The molecule has 0 bridgehead atoms. The predicted octanol–water partition coefficient (Wildman–Crippen LogP) is 5.03. The minimum atomic E-state index is -0.580. The maximum Gasteiger partial charge on any atom is 0.243 e. The van der Waals surface area contributed by atoms with Crippen molar-refractivity contribution in [1.29, 1.82) is 0 Å². The lowest BCUT2D eigenvalue weighted by Crippen LogP contribution is -2.53. The molecule has 0 aliphatic carbocycles. The van der Waals surface area contributed by atoms with Crippen molar-refractivity contribution in [3.8, 4) is 0 Å². The lowest BCUT2D eigenvalue weighted by molar-refractivity contribution is -0.141. The maximum atomic E-state index is 13.3. The Morgan fingerprint density at radius 2 is 1.70 bits per heavy atom. The average Bonchev–Trinajstić information content (AvgIpc) is 2.68. The molecule has 4 nitrogen and oxygen atoms in total. The van der Waals surface area contributed by atoms with Crippen LogP contribution in [0.3, 0.4) is 0 Å². The van der Waals surface area contributed by atoms with Gasteiger partial charge in [-0.25, -0.2) is 4.39 Å². The molecule has 0 aliphatic rings. The van der Waals surface area contributed by atoms with E-state index in [0.29, 0.717) is 18.6 Å². The molecule has 1 unspecified atom stereocenters. The van der Waals surface area contributed by atoms with Gasteiger partial charge in [0.25, 0.3) is 0 Å². The van der Waals surface area contributed by atoms with Gasteiger partial charge in [0, 0.05) is 29.2 Å². The van der Waals surface area contributed by atoms with Crippen LogP contribution in [0.5, 0.6) is 0 Å². The average molecular weight is 431 g/mol. The lowest BCUT2D eigenvalue weighted by atomic mass is 10.1. The van der Waals surface area contributed by atoms with Crippen molar-refractivity contribution < 1.29 is 14.0 Å². The summed E-state index contributed by atoms with van der Waals surface area (Å²) in [5.41, 5.74) is 0.403. The summed E-state index contributed by atoms with van der Waals surface area (Å²) in [5.74, 6) is 0.0448. The molecule has 1 N–H and O–H groups in total. The lowest BCUT2D eigenvalue weighted by Gasteiger charge is -2.33. The first kappa shape index (κ1) is 23.9. The zero-order chi connectivity index (χ0) is 22.1. The zero-order valence-corrected chi connectivity index (χ0v) is 19.0. The van der Waals surface area contributed by atoms with Crippen molar-refractivity contribution in [2.24, 2.45) is 0 Å². The van der Waals surface area contributed by atoms with Crippen LogP contribution in [-0.2, 0) is 16.1 Å². The molecule has 0 aliphatic heterocycles. The quantitative estimate of drug-likeness (QED) is 0.568. The van der Waals surface area contributed by atoms with Gasteiger partial charge in [0.1, 0.15) is 11.9 Å². The van der Waals surface area contributed by atoms with Crippen LogP contribution in [0.2, 0.25) is 0 Å². The Hall–Kier alpha value is -2.34. The second-order valence-corrected chi connectivity index (χ2v) is 9.39. The zero-order valence-electron chi connectivity index (χ0n) is 18.2. The van der Waals surface area contributed by atoms with Crippen molar-refractivity contribution >= 4 is 23.6 Å². The number of hydrogen-bond acceptors (Lipinski definition) is 3. The Bertz CT molecular complexity index is 819. The van der Waals surface area contributed by atoms with Crippen LogP contribution in [0.25, 0.3) is 0 Å². The summed E-state index contributed by atoms with van der Waals surface area (Å²) in [4.78, 5) is 28.8. The van der Waals surface area contributed by atoms with E-state index in [4.69, 9.17) is 0 Å². The topological polar surface area (TPSA) is 49.4 Å². The van der Waals surface area contributed by atoms with Gasteiger partial charge in [-0.15, -0.1) is 11.8 Å². The Kier molecular flexibility index (Phi) is 8.90. The van der Waals surface area contributed by atoms with E-state index in [2.05, 4.69) is 5.32 Å². The van der Waals surface area contributed by atoms with Gasteiger partial charge < -0.3 is 10.2 Å². The molecule has 0 fully saturated rings. The normalized spacial score (nSPS) is 12.3. The van der Waals surface area contributed by atoms with Gasteiger partial charge in [0.05, 0.1) is 0 Å². The molecule has 2 aromatic rings. The predicted molar refractivity (Wildman–Crippen MR) is 121 cm³/mol. The van der Waals surface area contributed by atoms with Crippen molar-refractivity contribution in [2.45, 2.75) is 63.6 Å². The van der Waals surface area contributed by atoms with E-state index in [-0.39, 0.29) is 24.2 Å². The molecule has 0 aromatic heterocycles. The van der Waals surface area contributed by atoms with Gasteiger partial charge in [0.2, 0.25) is 11.8 Å². The molecule has 0 spiro atoms. The van der Waals surface area contributed by atoms with Gasteiger partial charge >= 0.3 is 0 Å². The van der Waals surface area contributed by atoms with Crippen LogP contribution in [0, 0.1) is 5.82 Å². The number of thioether (sulfide) groups is 1. The van der Waals surface area contributed by atoms with Gasteiger partial charge in [-0.3, -0.25) is 9.59 Å². The van der Waals surface area contributed by atoms with Gasteiger partial charge in [-0.05, 0) is 57.0 Å². The minimum Gasteiger partial charge on any atom is -0.350 e. The molecule has 0 saturated carbocycles. The van der Waals surface area contributed by atoms with Crippen molar-refractivity contribution in [2.75, 3.05) is 5.75 Å². The first-order chi connectivity index (χ1) is 14.2. The van der Waals surface area contributed by atoms with E-state index in [1.807, 2.05) is 58.0 Å². The highest BCUT2D eigenvalue weighted by molar-refractivity contribution is 7.99. The van der Waals surface area contributed by atoms with E-state index < -0.39 is 11.6 Å². The first-order valence-electron chi connectivity index (χ1n) is 10.2. The Morgan fingerprint density at radius 3 is 2.27 bits per heavy atom. The summed E-state index contributed by atoms with van der Waals surface area (Å²) in [6.45, 7) is 7.92. The number of nitrogens with one attached hydrogen (secondary N) is 1. The number of nitrogens with zero attached hydrogens (tertiary/aromatic N) is 1. The van der Waals surface area contributed by atoms with Crippen molar-refractivity contribution in [3.63, 3.8) is 0 Å². The number of benzene rings is 2. The summed E-state index contributed by atoms with van der Waals surface area (Å²) in [6, 6.07) is 15.4. The number of amides is 2. The molecule has 2 rings (SSSR count). The summed E-state index contributed by atoms with van der Waals surface area (Å²) in [6.07, 6.45) is 0.820. The summed E-state index contributed by atoms with van der Waals surface area (Å²) in [7, 11) is 0. The number of carbonyl (C=O) groups is 2. The first-order valence-corrected chi connectivity index (χ1v) is 11.2. The largest absolute Gasteiger partial charge is 0.350 e. The highest BCUT2D eigenvalue weighted by Crippen LogP contribution is 2.20. The SMILES string of the molecule is CCC(C(=O)NC(C)(C)C)N(Cc1ccc(F)cc1)C(=O)CCSc1ccccc1. The smallest absolute Gasteiger partial charge is 0.243 e. The van der Waals surface area contributed by atoms with Gasteiger partial charge in [-0.1, -0.05) is 37.3 Å². The fourth-order valence-corrected chi connectivity index (χ4v) is 3.94. The molecule has 0 saturated heterocycles. The number of halogens is 1. The maximum absolute atomic E-state index is 13.3. The molecule has 30 heavy (non-hydrogen) atoms. The van der Waals surface area contributed by atoms with Crippen LogP contribution in [0.15, 0.2) is 59.5 Å².